The molecule has 0 heterocycles. The molecule has 0 aromatic carbocycles. The molecular weight excluding hydrogens is 294 g/mol. The van der Waals surface area contributed by atoms with Crippen LogP contribution in [-0.2, 0) is 25.8 Å². The monoisotopic (exact) mass is 305 g/mol. The van der Waals surface area contributed by atoms with Crippen LogP contribution in [0.5, 0.6) is 0 Å². The summed E-state index contributed by atoms with van der Waals surface area (Å²) in [5.41, 5.74) is 0. The first kappa shape index (κ1) is 99.7. The molecule has 0 nitrogen and oxygen atoms in total. The summed E-state index contributed by atoms with van der Waals surface area (Å²) < 4.78 is 0. The van der Waals surface area contributed by atoms with Gasteiger partial charge in [-0.1, -0.05) is 0 Å². The molecule has 0 aliphatic rings. The van der Waals surface area contributed by atoms with Crippen LogP contribution >= 0.6 is 17.0 Å². The minimum absolute atomic E-state index is 0. The Hall–Kier alpha value is 1.35. The van der Waals surface area contributed by atoms with E-state index in [9.17, 15) is 0 Å². The van der Waals surface area contributed by atoms with Crippen LogP contribution in [0.1, 0.15) is 0 Å². The maximum absolute atomic E-state index is 0. The van der Waals surface area contributed by atoms with E-state index < -0.39 is 0 Å². The second kappa shape index (κ2) is 55.5. The summed E-state index contributed by atoms with van der Waals surface area (Å²) >= 11 is 0. The van der Waals surface area contributed by atoms with E-state index in [0.29, 0.717) is 0 Å². The van der Waals surface area contributed by atoms with Gasteiger partial charge in [0.1, 0.15) is 0 Å². The SMILES string of the molecule is Br.[CH3-].[CH3-].[CH3-].[Hf]. The van der Waals surface area contributed by atoms with Crippen LogP contribution in [0, 0.1) is 22.3 Å². The Balaban J connectivity index is 0. The van der Waals surface area contributed by atoms with Crippen LogP contribution in [0.15, 0.2) is 0 Å². The van der Waals surface area contributed by atoms with E-state index in [1.165, 1.54) is 0 Å². The summed E-state index contributed by atoms with van der Waals surface area (Å²) in [5, 5.41) is 0. The van der Waals surface area contributed by atoms with Crippen molar-refractivity contribution >= 4 is 17.0 Å². The molecule has 0 aliphatic heterocycles. The van der Waals surface area contributed by atoms with Crippen molar-refractivity contribution in [1.82, 2.24) is 0 Å². The second-order valence-electron chi connectivity index (χ2n) is 0. The van der Waals surface area contributed by atoms with Gasteiger partial charge in [0.15, 0.2) is 0 Å². The Morgan fingerprint density at radius 3 is 0.600 bits per heavy atom. The van der Waals surface area contributed by atoms with Crippen molar-refractivity contribution in [2.45, 2.75) is 0 Å². The fourth-order valence-electron chi connectivity index (χ4n) is 0. The Morgan fingerprint density at radius 2 is 0.600 bits per heavy atom. The van der Waals surface area contributed by atoms with Crippen LogP contribution < -0.4 is 0 Å². The summed E-state index contributed by atoms with van der Waals surface area (Å²) in [6.45, 7) is 0. The van der Waals surface area contributed by atoms with E-state index in [1.807, 2.05) is 0 Å². The first-order valence-electron chi connectivity index (χ1n) is 0. The van der Waals surface area contributed by atoms with Crippen LogP contribution in [-0.4, -0.2) is 0 Å². The molecule has 0 atom stereocenters. The van der Waals surface area contributed by atoms with E-state index in [4.69, 9.17) is 0 Å². The quantitative estimate of drug-likeness (QED) is 0.474. The minimum Gasteiger partial charge on any atom is -0.358 e. The van der Waals surface area contributed by atoms with Crippen LogP contribution in [0.4, 0.5) is 0 Å². The molecular formula is C3H10BrHf-3. The molecule has 5 heavy (non-hydrogen) atoms. The number of rotatable bonds is 0. The van der Waals surface area contributed by atoms with Crippen molar-refractivity contribution in [2.75, 3.05) is 0 Å². The molecule has 0 aromatic rings. The largest absolute Gasteiger partial charge is 0.358 e. The van der Waals surface area contributed by atoms with Gasteiger partial charge < -0.3 is 22.3 Å². The van der Waals surface area contributed by atoms with Crippen molar-refractivity contribution in [2.24, 2.45) is 0 Å². The van der Waals surface area contributed by atoms with Gasteiger partial charge in [0.05, 0.1) is 0 Å². The van der Waals surface area contributed by atoms with Crippen LogP contribution in [0.3, 0.4) is 0 Å². The third-order valence-corrected chi connectivity index (χ3v) is 0. The zero-order chi connectivity index (χ0) is 0. The van der Waals surface area contributed by atoms with Crippen molar-refractivity contribution in [3.05, 3.63) is 22.3 Å². The summed E-state index contributed by atoms with van der Waals surface area (Å²) in [7, 11) is 0. The van der Waals surface area contributed by atoms with Gasteiger partial charge in [-0.3, -0.25) is 0 Å². The first-order valence-corrected chi connectivity index (χ1v) is 0. The third kappa shape index (κ3) is 32.9. The molecule has 2 heteroatoms. The average molecular weight is 305 g/mol. The van der Waals surface area contributed by atoms with Gasteiger partial charge in [0.25, 0.3) is 0 Å². The van der Waals surface area contributed by atoms with Crippen molar-refractivity contribution < 1.29 is 25.8 Å². The summed E-state index contributed by atoms with van der Waals surface area (Å²) in [4.78, 5) is 0. The van der Waals surface area contributed by atoms with Crippen molar-refractivity contribution in [3.63, 3.8) is 0 Å². The van der Waals surface area contributed by atoms with Gasteiger partial charge >= 0.3 is 0 Å². The van der Waals surface area contributed by atoms with Gasteiger partial charge in [0.2, 0.25) is 0 Å². The zero-order valence-electron chi connectivity index (χ0n) is 3.91. The van der Waals surface area contributed by atoms with E-state index in [1.54, 1.807) is 0 Å². The van der Waals surface area contributed by atoms with Gasteiger partial charge in [-0.15, -0.1) is 17.0 Å². The average Bonchev–Trinajstić information content (AvgIpc) is 0. The fourth-order valence-corrected chi connectivity index (χ4v) is 0. The Kier molecular flexibility index (Phi) is 1110. The van der Waals surface area contributed by atoms with Crippen LogP contribution in [0.2, 0.25) is 0 Å². The molecule has 0 bridgehead atoms. The molecule has 0 aliphatic carbocycles. The number of hydrogen-bond donors (Lipinski definition) is 0. The smallest absolute Gasteiger partial charge is 0 e. The maximum Gasteiger partial charge on any atom is 0 e. The van der Waals surface area contributed by atoms with Gasteiger partial charge in [0, 0.05) is 25.8 Å². The molecule has 0 fully saturated rings. The van der Waals surface area contributed by atoms with Crippen molar-refractivity contribution in [1.29, 1.82) is 0 Å². The maximum atomic E-state index is 0. The standard InChI is InChI=1S/3CH3.BrH.Hf/h3*1H3;1H;/q3*-1;;. The first-order chi connectivity index (χ1) is 0. The van der Waals surface area contributed by atoms with Crippen LogP contribution in [0.25, 0.3) is 0 Å². The molecule has 0 unspecified atom stereocenters. The number of hydrogen-bond acceptors (Lipinski definition) is 0. The van der Waals surface area contributed by atoms with E-state index in [0.717, 1.165) is 0 Å². The summed E-state index contributed by atoms with van der Waals surface area (Å²) in [6, 6.07) is 0. The molecule has 0 rings (SSSR count). The predicted molar refractivity (Wildman–Crippen MR) is 29.6 cm³/mol. The zero-order valence-corrected chi connectivity index (χ0v) is 9.21. The predicted octanol–water partition coefficient (Wildman–Crippen LogP) is 1.93. The molecule has 0 saturated carbocycles. The second-order valence-corrected chi connectivity index (χ2v) is 0. The van der Waals surface area contributed by atoms with Gasteiger partial charge in [-0.2, -0.15) is 0 Å². The van der Waals surface area contributed by atoms with Gasteiger partial charge in [-0.05, 0) is 0 Å². The molecule has 0 spiro atoms. The van der Waals surface area contributed by atoms with E-state index in [2.05, 4.69) is 0 Å². The molecule has 36 valence electrons. The summed E-state index contributed by atoms with van der Waals surface area (Å²) in [5.74, 6) is 0. The molecule has 0 saturated heterocycles. The topological polar surface area (TPSA) is 0 Å². The molecule has 0 amide bonds. The molecule has 0 N–H and O–H groups in total. The minimum atomic E-state index is 0. The summed E-state index contributed by atoms with van der Waals surface area (Å²) in [6.07, 6.45) is 0. The Labute approximate surface area is 64.9 Å². The Bertz CT molecular complexity index is 6.85. The third-order valence-electron chi connectivity index (χ3n) is 0. The molecule has 0 aromatic heterocycles. The molecule has 0 radical (unpaired) electrons. The fraction of sp³-hybridized carbons (Fsp3) is 0. The Morgan fingerprint density at radius 1 is 0.600 bits per heavy atom. The number of halogens is 1. The van der Waals surface area contributed by atoms with Crippen molar-refractivity contribution in [3.8, 4) is 0 Å². The van der Waals surface area contributed by atoms with E-state index in [-0.39, 0.29) is 65.1 Å². The van der Waals surface area contributed by atoms with Gasteiger partial charge in [-0.25, -0.2) is 0 Å². The normalized spacial score (nSPS) is 0. The van der Waals surface area contributed by atoms with E-state index >= 15 is 0 Å².